The van der Waals surface area contributed by atoms with Crippen molar-refractivity contribution in [3.63, 3.8) is 0 Å². The van der Waals surface area contributed by atoms with Crippen LogP contribution in [0.4, 0.5) is 0 Å². The molecule has 24 heavy (non-hydrogen) atoms. The van der Waals surface area contributed by atoms with Gasteiger partial charge < -0.3 is 45.0 Å². The van der Waals surface area contributed by atoms with Crippen LogP contribution in [0.3, 0.4) is 0 Å². The summed E-state index contributed by atoms with van der Waals surface area (Å²) in [6.45, 7) is 0. The van der Waals surface area contributed by atoms with Crippen molar-refractivity contribution >= 4 is 29.8 Å². The fourth-order valence-corrected chi connectivity index (χ4v) is 0.898. The zero-order valence-corrected chi connectivity index (χ0v) is 19.4. The van der Waals surface area contributed by atoms with Gasteiger partial charge in [-0.05, 0) is 0 Å². The van der Waals surface area contributed by atoms with Crippen LogP contribution in [0.2, 0.25) is 0 Å². The number of carboxylic acid groups (broad SMARTS) is 5. The summed E-state index contributed by atoms with van der Waals surface area (Å²) in [6.07, 6.45) is -3.31. The van der Waals surface area contributed by atoms with Gasteiger partial charge in [0.2, 0.25) is 0 Å². The Balaban J connectivity index is -0.0000000968. The van der Waals surface area contributed by atoms with E-state index in [1.807, 2.05) is 0 Å². The second-order valence-electron chi connectivity index (χ2n) is 3.70. The van der Waals surface area contributed by atoms with Gasteiger partial charge in [0.25, 0.3) is 0 Å². The number of hydrogen-bond acceptors (Lipinski definition) is 9. The molecule has 0 saturated heterocycles. The standard InChI is InChI=1S/C6H8O7.C4H6O4.3Na/c7-3(8)1-6(13,5(11)12)2-4(9)10;5-3(6)1-2-4(7)8;;;/h13H,1-2H2,(H,7,8)(H,9,10)(H,11,12);1-2H2,(H,5,6)(H,7,8);;;/q;;3*+1/p-3. The van der Waals surface area contributed by atoms with Crippen molar-refractivity contribution in [1.82, 2.24) is 0 Å². The van der Waals surface area contributed by atoms with E-state index in [1.165, 1.54) is 0 Å². The van der Waals surface area contributed by atoms with Gasteiger partial charge in [0.15, 0.2) is 0 Å². The minimum absolute atomic E-state index is 0. The third kappa shape index (κ3) is 22.3. The number of carboxylic acids is 5. The smallest absolute Gasteiger partial charge is 0.550 e. The number of aliphatic carboxylic acids is 5. The molecular formula is C10H11Na3O11. The maximum absolute atomic E-state index is 10.1. The summed E-state index contributed by atoms with van der Waals surface area (Å²) in [5, 5.41) is 54.7. The molecule has 11 nitrogen and oxygen atoms in total. The van der Waals surface area contributed by atoms with E-state index in [1.54, 1.807) is 0 Å². The second kappa shape index (κ2) is 18.1. The van der Waals surface area contributed by atoms with Gasteiger partial charge in [-0.3, -0.25) is 9.59 Å². The van der Waals surface area contributed by atoms with Crippen LogP contribution in [0.1, 0.15) is 25.7 Å². The van der Waals surface area contributed by atoms with Gasteiger partial charge in [0.05, 0.1) is 18.8 Å². The van der Waals surface area contributed by atoms with Crippen LogP contribution in [-0.4, -0.2) is 50.8 Å². The Morgan fingerprint density at radius 2 is 0.958 bits per heavy atom. The summed E-state index contributed by atoms with van der Waals surface area (Å²) < 4.78 is 0. The van der Waals surface area contributed by atoms with Crippen molar-refractivity contribution in [2.75, 3.05) is 0 Å². The molecule has 0 aromatic rings. The van der Waals surface area contributed by atoms with Crippen LogP contribution in [0, 0.1) is 0 Å². The Bertz CT molecular complexity index is 408. The first kappa shape index (κ1) is 35.4. The molecule has 0 aromatic carbocycles. The number of carbonyl (C=O) groups is 5. The summed E-state index contributed by atoms with van der Waals surface area (Å²) in [5.41, 5.74) is -2.97. The molecule has 120 valence electrons. The van der Waals surface area contributed by atoms with Gasteiger partial charge in [-0.25, -0.2) is 0 Å². The molecule has 0 aliphatic heterocycles. The normalized spacial score (nSPS) is 8.71. The van der Waals surface area contributed by atoms with Crippen LogP contribution < -0.4 is 104 Å². The number of carbonyl (C=O) groups excluding carboxylic acids is 3. The molecular weight excluding hydrogens is 365 g/mol. The molecule has 14 heteroatoms. The van der Waals surface area contributed by atoms with Crippen LogP contribution in [0.15, 0.2) is 0 Å². The predicted octanol–water partition coefficient (Wildman–Crippen LogP) is -14.3. The van der Waals surface area contributed by atoms with E-state index >= 15 is 0 Å². The van der Waals surface area contributed by atoms with Crippen molar-refractivity contribution < 1.29 is 143 Å². The summed E-state index contributed by atoms with van der Waals surface area (Å²) >= 11 is 0. The minimum Gasteiger partial charge on any atom is -0.550 e. The zero-order valence-electron chi connectivity index (χ0n) is 13.4. The Hall–Kier alpha value is 0.310. The van der Waals surface area contributed by atoms with E-state index in [-0.39, 0.29) is 102 Å². The number of rotatable bonds is 8. The molecule has 0 bridgehead atoms. The summed E-state index contributed by atoms with van der Waals surface area (Å²) in [7, 11) is 0. The van der Waals surface area contributed by atoms with E-state index < -0.39 is 48.3 Å². The average Bonchev–Trinajstić information content (AvgIpc) is 2.24. The van der Waals surface area contributed by atoms with E-state index in [9.17, 15) is 39.3 Å². The van der Waals surface area contributed by atoms with Crippen molar-refractivity contribution in [3.8, 4) is 0 Å². The number of hydrogen-bond donors (Lipinski definition) is 3. The fourth-order valence-electron chi connectivity index (χ4n) is 0.898. The van der Waals surface area contributed by atoms with Crippen molar-refractivity contribution in [2.24, 2.45) is 0 Å². The quantitative estimate of drug-likeness (QED) is 0.338. The molecule has 0 aliphatic carbocycles. The van der Waals surface area contributed by atoms with Crippen LogP contribution >= 0.6 is 0 Å². The van der Waals surface area contributed by atoms with Gasteiger partial charge in [-0.2, -0.15) is 0 Å². The predicted molar refractivity (Wildman–Crippen MR) is 53.7 cm³/mol. The molecule has 0 amide bonds. The Labute approximate surface area is 202 Å². The van der Waals surface area contributed by atoms with E-state index in [4.69, 9.17) is 15.3 Å². The fraction of sp³-hybridized carbons (Fsp3) is 0.500. The van der Waals surface area contributed by atoms with Gasteiger partial charge >= 0.3 is 101 Å². The molecule has 0 aliphatic rings. The molecule has 0 heterocycles. The first-order chi connectivity index (χ1) is 9.40. The monoisotopic (exact) mass is 376 g/mol. The Kier molecular flexibility index (Phi) is 26.7. The summed E-state index contributed by atoms with van der Waals surface area (Å²) in [4.78, 5) is 49.3. The topological polar surface area (TPSA) is 215 Å². The minimum atomic E-state index is -2.97. The van der Waals surface area contributed by atoms with Gasteiger partial charge in [0, 0.05) is 24.8 Å². The third-order valence-corrected chi connectivity index (χ3v) is 1.81. The van der Waals surface area contributed by atoms with Crippen molar-refractivity contribution in [3.05, 3.63) is 0 Å². The molecule has 0 radical (unpaired) electrons. The van der Waals surface area contributed by atoms with Crippen LogP contribution in [0.5, 0.6) is 0 Å². The van der Waals surface area contributed by atoms with E-state index in [0.717, 1.165) is 0 Å². The van der Waals surface area contributed by atoms with Crippen molar-refractivity contribution in [2.45, 2.75) is 31.3 Å². The first-order valence-corrected chi connectivity index (χ1v) is 5.18. The van der Waals surface area contributed by atoms with Gasteiger partial charge in [0.1, 0.15) is 5.60 Å². The van der Waals surface area contributed by atoms with Crippen LogP contribution in [-0.2, 0) is 24.0 Å². The molecule has 0 unspecified atom stereocenters. The van der Waals surface area contributed by atoms with E-state index in [0.29, 0.717) is 0 Å². The first-order valence-electron chi connectivity index (χ1n) is 5.18. The van der Waals surface area contributed by atoms with E-state index in [2.05, 4.69) is 0 Å². The second-order valence-corrected chi connectivity index (χ2v) is 3.70. The molecule has 0 atom stereocenters. The van der Waals surface area contributed by atoms with Crippen molar-refractivity contribution in [1.29, 1.82) is 0 Å². The Morgan fingerprint density at radius 3 is 1.08 bits per heavy atom. The molecule has 3 N–H and O–H groups in total. The molecule has 0 fully saturated rings. The Morgan fingerprint density at radius 1 is 0.708 bits per heavy atom. The van der Waals surface area contributed by atoms with Crippen LogP contribution in [0.25, 0.3) is 0 Å². The third-order valence-electron chi connectivity index (χ3n) is 1.81. The SMILES string of the molecule is O=C(O)CCC(=O)O.O=C([O-])CC(O)(CC(=O)[O-])C(=O)[O-].[Na+].[Na+].[Na+]. The summed E-state index contributed by atoms with van der Waals surface area (Å²) in [5.74, 6) is -8.14. The average molecular weight is 376 g/mol. The molecule has 0 spiro atoms. The maximum atomic E-state index is 10.1. The number of aliphatic hydroxyl groups is 1. The summed E-state index contributed by atoms with van der Waals surface area (Å²) in [6, 6.07) is 0. The van der Waals surface area contributed by atoms with Gasteiger partial charge in [-0.1, -0.05) is 0 Å². The molecule has 0 rings (SSSR count). The molecule has 0 aromatic heterocycles. The largest absolute Gasteiger partial charge is 1.00 e. The van der Waals surface area contributed by atoms with Gasteiger partial charge in [-0.15, -0.1) is 0 Å². The maximum Gasteiger partial charge on any atom is 1.00 e. The zero-order chi connectivity index (χ0) is 17.2. The molecule has 0 saturated carbocycles.